The maximum absolute atomic E-state index is 11.8. The van der Waals surface area contributed by atoms with E-state index in [0.717, 1.165) is 5.56 Å². The molecule has 0 N–H and O–H groups in total. The van der Waals surface area contributed by atoms with E-state index in [-0.39, 0.29) is 5.78 Å². The number of Topliss-reactive ketones (excluding diaryl/α,β-unsaturated/α-hetero) is 1. The van der Waals surface area contributed by atoms with E-state index in [9.17, 15) is 9.59 Å². The molecule has 86 valence electrons. The van der Waals surface area contributed by atoms with Crippen LogP contribution in [0.1, 0.15) is 32.7 Å². The van der Waals surface area contributed by atoms with Crippen molar-refractivity contribution in [3.63, 3.8) is 0 Å². The fourth-order valence-corrected chi connectivity index (χ4v) is 1.76. The van der Waals surface area contributed by atoms with Crippen molar-refractivity contribution in [3.8, 4) is 0 Å². The van der Waals surface area contributed by atoms with Crippen molar-refractivity contribution in [2.75, 3.05) is 12.4 Å². The molecule has 3 nitrogen and oxygen atoms in total. The predicted molar refractivity (Wildman–Crippen MR) is 65.3 cm³/mol. The first-order chi connectivity index (χ1) is 7.60. The summed E-state index contributed by atoms with van der Waals surface area (Å²) in [5, 5.41) is 0.584. The van der Waals surface area contributed by atoms with Crippen LogP contribution in [0.3, 0.4) is 0 Å². The number of benzene rings is 1. The van der Waals surface area contributed by atoms with E-state index in [1.54, 1.807) is 18.2 Å². The standard InChI is InChI=1S/C12H13BrO3/c1-8-3-4-9(12(15)16-2)10(7-8)11(14)5-6-13/h3-4,7H,5-6H2,1-2H3. The molecular formula is C12H13BrO3. The predicted octanol–water partition coefficient (Wildman–Crippen LogP) is 2.75. The summed E-state index contributed by atoms with van der Waals surface area (Å²) in [5.41, 5.74) is 1.72. The van der Waals surface area contributed by atoms with E-state index < -0.39 is 5.97 Å². The van der Waals surface area contributed by atoms with Crippen LogP contribution in [-0.2, 0) is 4.74 Å². The molecule has 16 heavy (non-hydrogen) atoms. The lowest BCUT2D eigenvalue weighted by Crippen LogP contribution is -2.11. The highest BCUT2D eigenvalue weighted by molar-refractivity contribution is 9.09. The Morgan fingerprint density at radius 3 is 2.56 bits per heavy atom. The quantitative estimate of drug-likeness (QED) is 0.485. The number of methoxy groups -OCH3 is 1. The summed E-state index contributed by atoms with van der Waals surface area (Å²) in [5.74, 6) is -0.529. The van der Waals surface area contributed by atoms with E-state index in [1.807, 2.05) is 6.92 Å². The molecule has 0 aromatic heterocycles. The molecule has 0 aliphatic heterocycles. The summed E-state index contributed by atoms with van der Waals surface area (Å²) in [4.78, 5) is 23.3. The monoisotopic (exact) mass is 284 g/mol. The number of aryl methyl sites for hydroxylation is 1. The average Bonchev–Trinajstić information content (AvgIpc) is 2.28. The van der Waals surface area contributed by atoms with Crippen LogP contribution in [0.2, 0.25) is 0 Å². The molecule has 1 aromatic carbocycles. The van der Waals surface area contributed by atoms with Crippen molar-refractivity contribution in [2.24, 2.45) is 0 Å². The highest BCUT2D eigenvalue weighted by Gasteiger charge is 2.16. The number of carbonyl (C=O) groups excluding carboxylic acids is 2. The van der Waals surface area contributed by atoms with Gasteiger partial charge in [-0.1, -0.05) is 27.6 Å². The minimum absolute atomic E-state index is 0.0547. The van der Waals surface area contributed by atoms with Gasteiger partial charge in [-0.05, 0) is 19.1 Å². The van der Waals surface area contributed by atoms with Crippen LogP contribution in [0.4, 0.5) is 0 Å². The molecule has 0 radical (unpaired) electrons. The third-order valence-electron chi connectivity index (χ3n) is 2.20. The number of esters is 1. The number of carbonyl (C=O) groups is 2. The second-order valence-electron chi connectivity index (χ2n) is 3.40. The number of halogens is 1. The molecule has 0 saturated carbocycles. The van der Waals surface area contributed by atoms with Crippen molar-refractivity contribution >= 4 is 27.7 Å². The van der Waals surface area contributed by atoms with Crippen molar-refractivity contribution in [1.82, 2.24) is 0 Å². The van der Waals surface area contributed by atoms with Gasteiger partial charge in [0.05, 0.1) is 12.7 Å². The molecule has 0 unspecified atom stereocenters. The number of ether oxygens (including phenoxy) is 1. The first-order valence-corrected chi connectivity index (χ1v) is 6.00. The van der Waals surface area contributed by atoms with E-state index in [0.29, 0.717) is 22.9 Å². The fourth-order valence-electron chi connectivity index (χ4n) is 1.40. The van der Waals surface area contributed by atoms with Crippen LogP contribution >= 0.6 is 15.9 Å². The summed E-state index contributed by atoms with van der Waals surface area (Å²) in [7, 11) is 1.31. The highest BCUT2D eigenvalue weighted by Crippen LogP contribution is 2.15. The summed E-state index contributed by atoms with van der Waals surface area (Å²) in [6, 6.07) is 5.14. The van der Waals surface area contributed by atoms with Gasteiger partial charge in [0.1, 0.15) is 0 Å². The molecule has 0 aliphatic rings. The molecule has 0 heterocycles. The number of alkyl halides is 1. The summed E-state index contributed by atoms with van der Waals surface area (Å²) >= 11 is 3.21. The average molecular weight is 285 g/mol. The first-order valence-electron chi connectivity index (χ1n) is 4.88. The van der Waals surface area contributed by atoms with Crippen LogP contribution in [0.5, 0.6) is 0 Å². The second kappa shape index (κ2) is 5.80. The van der Waals surface area contributed by atoms with Crippen LogP contribution < -0.4 is 0 Å². The first kappa shape index (κ1) is 12.9. The molecule has 0 spiro atoms. The van der Waals surface area contributed by atoms with Gasteiger partial charge in [-0.15, -0.1) is 0 Å². The topological polar surface area (TPSA) is 43.4 Å². The fraction of sp³-hybridized carbons (Fsp3) is 0.333. The van der Waals surface area contributed by atoms with Gasteiger partial charge in [0.2, 0.25) is 0 Å². The van der Waals surface area contributed by atoms with E-state index in [4.69, 9.17) is 0 Å². The minimum atomic E-state index is -0.474. The summed E-state index contributed by atoms with van der Waals surface area (Å²) < 4.78 is 4.64. The lowest BCUT2D eigenvalue weighted by atomic mass is 10.00. The highest BCUT2D eigenvalue weighted by atomic mass is 79.9. The van der Waals surface area contributed by atoms with Crippen LogP contribution in [0.25, 0.3) is 0 Å². The SMILES string of the molecule is COC(=O)c1ccc(C)cc1C(=O)CCBr. The lowest BCUT2D eigenvalue weighted by molar-refractivity contribution is 0.0597. The van der Waals surface area contributed by atoms with Crippen molar-refractivity contribution in [1.29, 1.82) is 0 Å². The van der Waals surface area contributed by atoms with Crippen LogP contribution in [0.15, 0.2) is 18.2 Å². The lowest BCUT2D eigenvalue weighted by Gasteiger charge is -2.07. The number of hydrogen-bond acceptors (Lipinski definition) is 3. The van der Waals surface area contributed by atoms with E-state index in [1.165, 1.54) is 7.11 Å². The van der Waals surface area contributed by atoms with Crippen LogP contribution in [-0.4, -0.2) is 24.2 Å². The molecule has 1 aromatic rings. The molecule has 0 bridgehead atoms. The third-order valence-corrected chi connectivity index (χ3v) is 2.60. The van der Waals surface area contributed by atoms with Crippen molar-refractivity contribution in [2.45, 2.75) is 13.3 Å². The Bertz CT molecular complexity index is 413. The Morgan fingerprint density at radius 1 is 1.31 bits per heavy atom. The van der Waals surface area contributed by atoms with Gasteiger partial charge in [-0.25, -0.2) is 4.79 Å². The molecule has 0 fully saturated rings. The molecule has 1 rings (SSSR count). The number of ketones is 1. The molecule has 4 heteroatoms. The zero-order valence-corrected chi connectivity index (χ0v) is 10.8. The Kier molecular flexibility index (Phi) is 4.68. The molecule has 0 saturated heterocycles. The van der Waals surface area contributed by atoms with Crippen LogP contribution in [0, 0.1) is 6.92 Å². The van der Waals surface area contributed by atoms with Gasteiger partial charge in [0.15, 0.2) is 5.78 Å². The smallest absolute Gasteiger partial charge is 0.338 e. The zero-order valence-electron chi connectivity index (χ0n) is 9.25. The van der Waals surface area contributed by atoms with Gasteiger partial charge in [-0.3, -0.25) is 4.79 Å². The molecule has 0 amide bonds. The largest absolute Gasteiger partial charge is 0.465 e. The molecular weight excluding hydrogens is 272 g/mol. The van der Waals surface area contributed by atoms with Gasteiger partial charge >= 0.3 is 5.97 Å². The Labute approximate surface area is 103 Å². The minimum Gasteiger partial charge on any atom is -0.465 e. The molecule has 0 atom stereocenters. The Balaban J connectivity index is 3.17. The Morgan fingerprint density at radius 2 is 2.00 bits per heavy atom. The van der Waals surface area contributed by atoms with E-state index in [2.05, 4.69) is 20.7 Å². The maximum atomic E-state index is 11.8. The number of hydrogen-bond donors (Lipinski definition) is 0. The zero-order chi connectivity index (χ0) is 12.1. The number of rotatable bonds is 4. The van der Waals surface area contributed by atoms with Crippen molar-refractivity contribution < 1.29 is 14.3 Å². The second-order valence-corrected chi connectivity index (χ2v) is 4.20. The normalized spacial score (nSPS) is 9.94. The van der Waals surface area contributed by atoms with Gasteiger partial charge < -0.3 is 4.74 Å². The summed E-state index contributed by atoms with van der Waals surface area (Å²) in [6.45, 7) is 1.88. The van der Waals surface area contributed by atoms with Gasteiger partial charge in [0.25, 0.3) is 0 Å². The van der Waals surface area contributed by atoms with Gasteiger partial charge in [0, 0.05) is 17.3 Å². The Hall–Kier alpha value is -1.16. The van der Waals surface area contributed by atoms with Crippen molar-refractivity contribution in [3.05, 3.63) is 34.9 Å². The molecule has 0 aliphatic carbocycles. The van der Waals surface area contributed by atoms with E-state index >= 15 is 0 Å². The summed E-state index contributed by atoms with van der Waals surface area (Å²) in [6.07, 6.45) is 0.368. The van der Waals surface area contributed by atoms with Gasteiger partial charge in [-0.2, -0.15) is 0 Å². The maximum Gasteiger partial charge on any atom is 0.338 e. The third kappa shape index (κ3) is 2.92.